The highest BCUT2D eigenvalue weighted by Gasteiger charge is 2.11. The zero-order valence-electron chi connectivity index (χ0n) is 12.7. The van der Waals surface area contributed by atoms with E-state index in [4.69, 9.17) is 10.5 Å². The topological polar surface area (TPSA) is 64.7 Å². The number of rotatable bonds is 6. The van der Waals surface area contributed by atoms with E-state index in [1.54, 1.807) is 12.1 Å². The number of hydrogen-bond donors (Lipinski definition) is 0. The number of benzene rings is 2. The van der Waals surface area contributed by atoms with Crippen molar-refractivity contribution in [2.45, 2.75) is 19.3 Å². The van der Waals surface area contributed by atoms with Crippen molar-refractivity contribution in [2.24, 2.45) is 0 Å². The van der Waals surface area contributed by atoms with Crippen LogP contribution in [0.3, 0.4) is 0 Å². The predicted molar refractivity (Wildman–Crippen MR) is 89.2 cm³/mol. The Balaban J connectivity index is 2.09. The van der Waals surface area contributed by atoms with Crippen LogP contribution in [-0.4, -0.2) is 5.78 Å². The van der Waals surface area contributed by atoms with Gasteiger partial charge < -0.3 is 0 Å². The number of carbonyl (C=O) groups is 1. The molecule has 0 heterocycles. The average Bonchev–Trinajstić information content (AvgIpc) is 2.62. The van der Waals surface area contributed by atoms with E-state index in [0.717, 1.165) is 5.56 Å². The zero-order valence-corrected chi connectivity index (χ0v) is 12.7. The van der Waals surface area contributed by atoms with Gasteiger partial charge in [-0.1, -0.05) is 60.7 Å². The van der Waals surface area contributed by atoms with Gasteiger partial charge >= 0.3 is 0 Å². The number of nitriles is 2. The molecule has 0 fully saturated rings. The summed E-state index contributed by atoms with van der Waals surface area (Å²) >= 11 is 0. The van der Waals surface area contributed by atoms with E-state index in [-0.39, 0.29) is 11.4 Å². The van der Waals surface area contributed by atoms with Crippen LogP contribution in [0.1, 0.15) is 35.2 Å². The number of Topliss-reactive ketones (excluding diaryl/α,β-unsaturated/α-hetero) is 1. The van der Waals surface area contributed by atoms with Crippen LogP contribution in [0.15, 0.2) is 66.2 Å². The van der Waals surface area contributed by atoms with Crippen LogP contribution >= 0.6 is 0 Å². The third-order valence-corrected chi connectivity index (χ3v) is 3.57. The van der Waals surface area contributed by atoms with E-state index in [2.05, 4.69) is 0 Å². The summed E-state index contributed by atoms with van der Waals surface area (Å²) in [5, 5.41) is 18.3. The molecule has 0 amide bonds. The second-order valence-electron chi connectivity index (χ2n) is 5.09. The molecule has 0 unspecified atom stereocenters. The molecule has 0 aliphatic carbocycles. The largest absolute Gasteiger partial charge is 0.294 e. The third-order valence-electron chi connectivity index (χ3n) is 3.57. The van der Waals surface area contributed by atoms with Crippen LogP contribution in [0, 0.1) is 22.7 Å². The number of carbonyl (C=O) groups excluding carboxylic acids is 1. The van der Waals surface area contributed by atoms with Crippen molar-refractivity contribution in [3.05, 3.63) is 77.4 Å². The first kappa shape index (κ1) is 16.2. The second-order valence-corrected chi connectivity index (χ2v) is 5.09. The molecule has 0 bridgehead atoms. The van der Waals surface area contributed by atoms with Crippen LogP contribution in [0.25, 0.3) is 5.57 Å². The fourth-order valence-electron chi connectivity index (χ4n) is 2.41. The molecule has 2 aromatic rings. The minimum atomic E-state index is 0.0773. The van der Waals surface area contributed by atoms with Crippen LogP contribution in [-0.2, 0) is 0 Å². The van der Waals surface area contributed by atoms with Gasteiger partial charge in [-0.25, -0.2) is 0 Å². The molecule has 0 atom stereocenters. The molecular weight excluding hydrogens is 284 g/mol. The summed E-state index contributed by atoms with van der Waals surface area (Å²) in [7, 11) is 0. The van der Waals surface area contributed by atoms with Gasteiger partial charge in [0.15, 0.2) is 5.78 Å². The van der Waals surface area contributed by atoms with Gasteiger partial charge in [-0.15, -0.1) is 0 Å². The lowest BCUT2D eigenvalue weighted by Gasteiger charge is -2.08. The van der Waals surface area contributed by atoms with Crippen LogP contribution in [0.5, 0.6) is 0 Å². The Morgan fingerprint density at radius 1 is 0.783 bits per heavy atom. The van der Waals surface area contributed by atoms with Crippen LogP contribution < -0.4 is 0 Å². The number of ketones is 1. The summed E-state index contributed by atoms with van der Waals surface area (Å²) in [6, 6.07) is 22.4. The van der Waals surface area contributed by atoms with E-state index in [0.29, 0.717) is 30.4 Å². The van der Waals surface area contributed by atoms with E-state index in [1.807, 2.05) is 60.7 Å². The molecule has 2 rings (SSSR count). The normalized spacial score (nSPS) is 9.48. The van der Waals surface area contributed by atoms with Gasteiger partial charge in [0.05, 0.1) is 0 Å². The highest BCUT2D eigenvalue weighted by Crippen LogP contribution is 2.24. The van der Waals surface area contributed by atoms with Crippen molar-refractivity contribution in [1.82, 2.24) is 0 Å². The number of nitrogens with zero attached hydrogens (tertiary/aromatic N) is 2. The van der Waals surface area contributed by atoms with Crippen molar-refractivity contribution in [1.29, 1.82) is 10.5 Å². The van der Waals surface area contributed by atoms with Gasteiger partial charge in [-0.05, 0) is 24.0 Å². The van der Waals surface area contributed by atoms with Crippen molar-refractivity contribution in [2.75, 3.05) is 0 Å². The lowest BCUT2D eigenvalue weighted by molar-refractivity contribution is 0.0980. The first-order chi connectivity index (χ1) is 11.3. The fourth-order valence-corrected chi connectivity index (χ4v) is 2.41. The fraction of sp³-hybridized carbons (Fsp3) is 0.150. The number of hydrogen-bond acceptors (Lipinski definition) is 3. The minimum Gasteiger partial charge on any atom is -0.294 e. The lowest BCUT2D eigenvalue weighted by atomic mass is 9.94. The minimum absolute atomic E-state index is 0.0773. The van der Waals surface area contributed by atoms with Gasteiger partial charge in [0.1, 0.15) is 17.7 Å². The summed E-state index contributed by atoms with van der Waals surface area (Å²) in [6.45, 7) is 0. The summed E-state index contributed by atoms with van der Waals surface area (Å²) in [4.78, 5) is 12.1. The van der Waals surface area contributed by atoms with Gasteiger partial charge in [0.25, 0.3) is 0 Å². The Morgan fingerprint density at radius 3 is 1.83 bits per heavy atom. The van der Waals surface area contributed by atoms with Gasteiger partial charge in [0, 0.05) is 12.0 Å². The van der Waals surface area contributed by atoms with Crippen LogP contribution in [0.4, 0.5) is 0 Å². The second kappa shape index (κ2) is 8.32. The summed E-state index contributed by atoms with van der Waals surface area (Å²) in [5.41, 5.74) is 2.37. The van der Waals surface area contributed by atoms with Gasteiger partial charge in [-0.2, -0.15) is 10.5 Å². The average molecular weight is 300 g/mol. The van der Waals surface area contributed by atoms with Crippen LogP contribution in [0.2, 0.25) is 0 Å². The monoisotopic (exact) mass is 300 g/mol. The van der Waals surface area contributed by atoms with E-state index >= 15 is 0 Å². The van der Waals surface area contributed by atoms with E-state index in [9.17, 15) is 4.79 Å². The molecule has 0 N–H and O–H groups in total. The molecular formula is C20H16N2O. The van der Waals surface area contributed by atoms with Gasteiger partial charge in [0.2, 0.25) is 0 Å². The van der Waals surface area contributed by atoms with Crippen molar-refractivity contribution < 1.29 is 4.79 Å². The predicted octanol–water partition coefficient (Wildman–Crippen LogP) is 4.54. The Morgan fingerprint density at radius 2 is 1.30 bits per heavy atom. The highest BCUT2D eigenvalue weighted by atomic mass is 16.1. The molecule has 0 saturated carbocycles. The summed E-state index contributed by atoms with van der Waals surface area (Å²) in [6.07, 6.45) is 1.52. The first-order valence-corrected chi connectivity index (χ1v) is 7.43. The lowest BCUT2D eigenvalue weighted by Crippen LogP contribution is -1.99. The Kier molecular flexibility index (Phi) is 5.86. The smallest absolute Gasteiger partial charge is 0.162 e. The highest BCUT2D eigenvalue weighted by molar-refractivity contribution is 5.96. The maximum atomic E-state index is 12.1. The molecule has 0 saturated heterocycles. The Hall–Kier alpha value is -3.17. The molecule has 3 heteroatoms. The SMILES string of the molecule is N#CC(C#N)=C(CCCC(=O)c1ccccc1)c1ccccc1. The van der Waals surface area contributed by atoms with Gasteiger partial charge in [-0.3, -0.25) is 4.79 Å². The molecule has 0 aliphatic rings. The molecule has 0 spiro atoms. The molecule has 0 aromatic heterocycles. The van der Waals surface area contributed by atoms with Crippen molar-refractivity contribution in [3.8, 4) is 12.1 Å². The molecule has 3 nitrogen and oxygen atoms in total. The van der Waals surface area contributed by atoms with Crippen molar-refractivity contribution in [3.63, 3.8) is 0 Å². The van der Waals surface area contributed by atoms with E-state index in [1.165, 1.54) is 0 Å². The summed E-state index contributed by atoms with van der Waals surface area (Å²) < 4.78 is 0. The third kappa shape index (κ3) is 4.40. The maximum Gasteiger partial charge on any atom is 0.162 e. The molecule has 2 aromatic carbocycles. The Labute approximate surface area is 136 Å². The number of allylic oxidation sites excluding steroid dienone is 2. The summed E-state index contributed by atoms with van der Waals surface area (Å²) in [5.74, 6) is 0.0773. The first-order valence-electron chi connectivity index (χ1n) is 7.43. The van der Waals surface area contributed by atoms with E-state index < -0.39 is 0 Å². The standard InChI is InChI=1S/C20H16N2O/c21-14-18(15-22)19(16-8-3-1-4-9-16)12-7-13-20(23)17-10-5-2-6-11-17/h1-6,8-11H,7,12-13H2. The quantitative estimate of drug-likeness (QED) is 0.581. The van der Waals surface area contributed by atoms with Crippen molar-refractivity contribution >= 4 is 11.4 Å². The Bertz CT molecular complexity index is 762. The molecule has 0 radical (unpaired) electrons. The molecule has 0 aliphatic heterocycles. The molecule has 112 valence electrons. The maximum absolute atomic E-state index is 12.1. The zero-order chi connectivity index (χ0) is 16.5. The molecule has 23 heavy (non-hydrogen) atoms.